The van der Waals surface area contributed by atoms with Gasteiger partial charge in [0, 0.05) is 24.2 Å². The molecule has 0 unspecified atom stereocenters. The van der Waals surface area contributed by atoms with Crippen LogP contribution in [0.25, 0.3) is 10.9 Å². The molecule has 1 N–H and O–H groups in total. The van der Waals surface area contributed by atoms with Crippen molar-refractivity contribution >= 4 is 29.4 Å². The first-order valence-electron chi connectivity index (χ1n) is 13.5. The molecule has 2 heterocycles. The van der Waals surface area contributed by atoms with Crippen molar-refractivity contribution in [1.82, 2.24) is 9.88 Å². The van der Waals surface area contributed by atoms with E-state index in [2.05, 4.69) is 12.2 Å². The van der Waals surface area contributed by atoms with Gasteiger partial charge in [-0.15, -0.1) is 0 Å². The van der Waals surface area contributed by atoms with Crippen molar-refractivity contribution in [2.45, 2.75) is 84.1 Å². The summed E-state index contributed by atoms with van der Waals surface area (Å²) in [6.07, 6.45) is 6.53. The predicted octanol–water partition coefficient (Wildman–Crippen LogP) is 5.44. The van der Waals surface area contributed by atoms with Gasteiger partial charge in [-0.25, -0.2) is 4.39 Å². The number of carbonyl (C=O) groups is 1. The monoisotopic (exact) mass is 502 g/mol. The van der Waals surface area contributed by atoms with Gasteiger partial charge in [0.1, 0.15) is 5.82 Å². The number of halogens is 1. The molecule has 5 nitrogen and oxygen atoms in total. The smallest absolute Gasteiger partial charge is 0.399 e. The first-order valence-corrected chi connectivity index (χ1v) is 13.5. The third kappa shape index (κ3) is 4.20. The van der Waals surface area contributed by atoms with Crippen LogP contribution in [-0.4, -0.2) is 34.8 Å². The maximum Gasteiger partial charge on any atom is 0.494 e. The van der Waals surface area contributed by atoms with E-state index in [0.29, 0.717) is 28.4 Å². The average Bonchev–Trinajstić information content (AvgIpc) is 3.30. The van der Waals surface area contributed by atoms with Gasteiger partial charge in [-0.2, -0.15) is 0 Å². The van der Waals surface area contributed by atoms with Crippen LogP contribution >= 0.6 is 0 Å². The number of hydrogen-bond donors (Lipinski definition) is 1. The lowest BCUT2D eigenvalue weighted by molar-refractivity contribution is -0.0399. The van der Waals surface area contributed by atoms with E-state index in [4.69, 9.17) is 9.31 Å². The number of rotatable bonds is 5. The molecule has 1 spiro atoms. The minimum absolute atomic E-state index is 0.117. The van der Waals surface area contributed by atoms with Crippen molar-refractivity contribution in [2.24, 2.45) is 11.3 Å². The zero-order chi connectivity index (χ0) is 26.2. The van der Waals surface area contributed by atoms with Crippen LogP contribution in [0.3, 0.4) is 0 Å². The van der Waals surface area contributed by atoms with Crippen LogP contribution in [0.5, 0.6) is 0 Å². The van der Waals surface area contributed by atoms with E-state index in [1.807, 2.05) is 62.7 Å². The number of hydrogen-bond acceptors (Lipinski definition) is 3. The molecule has 1 aromatic heterocycles. The van der Waals surface area contributed by atoms with E-state index in [1.165, 1.54) is 18.9 Å². The second kappa shape index (κ2) is 8.44. The molecule has 3 fully saturated rings. The predicted molar refractivity (Wildman–Crippen MR) is 144 cm³/mol. The molecule has 1 aliphatic heterocycles. The molecule has 0 atom stereocenters. The summed E-state index contributed by atoms with van der Waals surface area (Å²) in [4.78, 5) is 13.3. The molecule has 1 amide bonds. The zero-order valence-electron chi connectivity index (χ0n) is 22.4. The van der Waals surface area contributed by atoms with Crippen LogP contribution in [0.2, 0.25) is 0 Å². The highest BCUT2D eigenvalue weighted by Crippen LogP contribution is 2.58. The maximum atomic E-state index is 14.7. The topological polar surface area (TPSA) is 52.5 Å². The van der Waals surface area contributed by atoms with Gasteiger partial charge in [0.25, 0.3) is 5.91 Å². The highest BCUT2D eigenvalue weighted by molar-refractivity contribution is 6.62. The van der Waals surface area contributed by atoms with Crippen molar-refractivity contribution < 1.29 is 18.5 Å². The first kappa shape index (κ1) is 24.7. The van der Waals surface area contributed by atoms with Crippen molar-refractivity contribution in [3.63, 3.8) is 0 Å². The van der Waals surface area contributed by atoms with Crippen LogP contribution in [-0.2, 0) is 15.9 Å². The van der Waals surface area contributed by atoms with E-state index >= 15 is 0 Å². The molecule has 2 saturated carbocycles. The number of benzene rings is 2. The molecular formula is C30H36BFN2O3. The van der Waals surface area contributed by atoms with Gasteiger partial charge in [0.05, 0.1) is 22.3 Å². The molecule has 1 saturated heterocycles. The first-order chi connectivity index (χ1) is 17.5. The van der Waals surface area contributed by atoms with Gasteiger partial charge in [0.2, 0.25) is 0 Å². The normalized spacial score (nSPS) is 27.8. The Balaban J connectivity index is 1.20. The minimum atomic E-state index is -0.412. The molecule has 37 heavy (non-hydrogen) atoms. The third-order valence-electron chi connectivity index (χ3n) is 9.23. The quantitative estimate of drug-likeness (QED) is 0.473. The number of amides is 1. The summed E-state index contributed by atoms with van der Waals surface area (Å²) in [5.74, 6) is 0.378. The maximum absolute atomic E-state index is 14.7. The lowest BCUT2D eigenvalue weighted by atomic mass is 9.50. The van der Waals surface area contributed by atoms with Crippen LogP contribution in [0.1, 0.15) is 76.2 Å². The Morgan fingerprint density at radius 1 is 1.00 bits per heavy atom. The van der Waals surface area contributed by atoms with E-state index in [0.717, 1.165) is 29.8 Å². The molecule has 2 aromatic carbocycles. The number of nitrogens with one attached hydrogen (secondary N) is 1. The van der Waals surface area contributed by atoms with Crippen molar-refractivity contribution in [2.75, 3.05) is 0 Å². The molecule has 3 aromatic rings. The Bertz CT molecular complexity index is 1330. The number of carbonyl (C=O) groups excluding carboxylic acids is 1. The van der Waals surface area contributed by atoms with Gasteiger partial charge in [-0.1, -0.05) is 31.2 Å². The number of aromatic nitrogens is 1. The Kier molecular flexibility index (Phi) is 5.63. The number of nitrogens with zero attached hydrogens (tertiary/aromatic N) is 1. The zero-order valence-corrected chi connectivity index (χ0v) is 22.4. The van der Waals surface area contributed by atoms with Gasteiger partial charge < -0.3 is 19.2 Å². The van der Waals surface area contributed by atoms with Gasteiger partial charge in [-0.05, 0) is 93.9 Å². The lowest BCUT2D eigenvalue weighted by Gasteiger charge is -2.57. The van der Waals surface area contributed by atoms with Crippen molar-refractivity contribution in [3.05, 3.63) is 65.6 Å². The van der Waals surface area contributed by atoms with Crippen LogP contribution in [0, 0.1) is 17.2 Å². The van der Waals surface area contributed by atoms with Gasteiger partial charge in [-0.3, -0.25) is 4.79 Å². The summed E-state index contributed by atoms with van der Waals surface area (Å²) in [5, 5.41) is 3.68. The van der Waals surface area contributed by atoms with E-state index < -0.39 is 18.3 Å². The summed E-state index contributed by atoms with van der Waals surface area (Å²) in [6.45, 7) is 11.0. The average molecular weight is 502 g/mol. The highest BCUT2D eigenvalue weighted by atomic mass is 19.1. The summed E-state index contributed by atoms with van der Waals surface area (Å²) in [5.41, 5.74) is 2.85. The minimum Gasteiger partial charge on any atom is -0.399 e. The summed E-state index contributed by atoms with van der Waals surface area (Å²) in [7, 11) is -0.412. The van der Waals surface area contributed by atoms with Crippen molar-refractivity contribution in [3.8, 4) is 0 Å². The second-order valence-electron chi connectivity index (χ2n) is 12.7. The molecule has 2 aliphatic carbocycles. The molecule has 7 heteroatoms. The molecule has 0 bridgehead atoms. The fraction of sp³-hybridized carbons (Fsp3) is 0.500. The van der Waals surface area contributed by atoms with Crippen LogP contribution in [0.4, 0.5) is 4.39 Å². The highest BCUT2D eigenvalue weighted by Gasteiger charge is 2.52. The van der Waals surface area contributed by atoms with E-state index in [1.54, 1.807) is 12.1 Å². The van der Waals surface area contributed by atoms with Gasteiger partial charge >= 0.3 is 7.12 Å². The molecule has 3 aliphatic rings. The number of fused-ring (bicyclic) bond motifs is 1. The van der Waals surface area contributed by atoms with Gasteiger partial charge in [0.15, 0.2) is 0 Å². The second-order valence-corrected chi connectivity index (χ2v) is 12.7. The largest absolute Gasteiger partial charge is 0.494 e. The SMILES string of the molecule is CC1CC2(C1)CC(NC(=O)c1ccc(F)c3ccn(Cc4ccc(B5OC(C)(C)C(C)(C)O5)cc4)c13)C2. The Hall–Kier alpha value is -2.64. The third-order valence-corrected chi connectivity index (χ3v) is 9.23. The molecule has 6 rings (SSSR count). The summed E-state index contributed by atoms with van der Waals surface area (Å²) < 4.78 is 29.0. The van der Waals surface area contributed by atoms with E-state index in [-0.39, 0.29) is 17.8 Å². The summed E-state index contributed by atoms with van der Waals surface area (Å²) >= 11 is 0. The standard InChI is InChI=1S/C30H36BFN2O3/c1-19-14-30(15-19)16-22(17-30)33-27(35)24-10-11-25(32)23-12-13-34(26(23)24)18-20-6-8-21(9-7-20)31-36-28(2,3)29(4,5)37-31/h6-13,19,22H,14-18H2,1-5H3,(H,33,35). The fourth-order valence-electron chi connectivity index (χ4n) is 6.66. The Labute approximate surface area is 218 Å². The van der Waals surface area contributed by atoms with Crippen LogP contribution < -0.4 is 10.8 Å². The lowest BCUT2D eigenvalue weighted by Crippen LogP contribution is -2.55. The Morgan fingerprint density at radius 3 is 2.27 bits per heavy atom. The molecular weight excluding hydrogens is 466 g/mol. The summed E-state index contributed by atoms with van der Waals surface area (Å²) in [6, 6.07) is 13.1. The molecule has 0 radical (unpaired) electrons. The Morgan fingerprint density at radius 2 is 1.65 bits per heavy atom. The van der Waals surface area contributed by atoms with Crippen LogP contribution in [0.15, 0.2) is 48.7 Å². The van der Waals surface area contributed by atoms with Crippen molar-refractivity contribution in [1.29, 1.82) is 0 Å². The fourth-order valence-corrected chi connectivity index (χ4v) is 6.66. The van der Waals surface area contributed by atoms with E-state index in [9.17, 15) is 9.18 Å². The molecule has 194 valence electrons.